The van der Waals surface area contributed by atoms with Crippen LogP contribution in [0.15, 0.2) is 54.6 Å². The second-order valence-corrected chi connectivity index (χ2v) is 6.79. The molecule has 6 nitrogen and oxygen atoms in total. The van der Waals surface area contributed by atoms with Gasteiger partial charge >= 0.3 is 0 Å². The fraction of sp³-hybridized carbons (Fsp3) is 0.333. The van der Waals surface area contributed by atoms with Crippen molar-refractivity contribution in [2.45, 2.75) is 24.9 Å². The molecule has 2 aromatic rings. The SMILES string of the molecule is COc1ccc(C(=O)NC(C(=O)NCC(N)C2CC2)c2ccccc2)cc1.Cl. The van der Waals surface area contributed by atoms with E-state index in [1.165, 1.54) is 0 Å². The molecule has 0 saturated heterocycles. The summed E-state index contributed by atoms with van der Waals surface area (Å²) >= 11 is 0. The Kier molecular flexibility index (Phi) is 7.84. The van der Waals surface area contributed by atoms with Gasteiger partial charge in [-0.2, -0.15) is 0 Å². The van der Waals surface area contributed by atoms with Crippen molar-refractivity contribution in [2.24, 2.45) is 11.7 Å². The first-order valence-corrected chi connectivity index (χ1v) is 9.11. The predicted molar refractivity (Wildman–Crippen MR) is 111 cm³/mol. The van der Waals surface area contributed by atoms with Crippen LogP contribution in [0.25, 0.3) is 0 Å². The molecule has 0 heterocycles. The maximum absolute atomic E-state index is 12.8. The zero-order valence-electron chi connectivity index (χ0n) is 15.8. The molecule has 0 spiro atoms. The van der Waals surface area contributed by atoms with E-state index in [0.717, 1.165) is 18.4 Å². The topological polar surface area (TPSA) is 93.4 Å². The molecule has 2 amide bonds. The van der Waals surface area contributed by atoms with E-state index in [-0.39, 0.29) is 30.3 Å². The van der Waals surface area contributed by atoms with Gasteiger partial charge in [-0.1, -0.05) is 30.3 Å². The highest BCUT2D eigenvalue weighted by atomic mass is 35.5. The van der Waals surface area contributed by atoms with Gasteiger partial charge in [0.15, 0.2) is 0 Å². The lowest BCUT2D eigenvalue weighted by Gasteiger charge is -2.20. The van der Waals surface area contributed by atoms with Crippen LogP contribution >= 0.6 is 12.4 Å². The molecule has 0 radical (unpaired) electrons. The average Bonchev–Trinajstić information content (AvgIpc) is 3.56. The smallest absolute Gasteiger partial charge is 0.252 e. The van der Waals surface area contributed by atoms with E-state index in [2.05, 4.69) is 10.6 Å². The minimum Gasteiger partial charge on any atom is -0.497 e. The molecule has 7 heteroatoms. The van der Waals surface area contributed by atoms with Crippen LogP contribution in [0.2, 0.25) is 0 Å². The van der Waals surface area contributed by atoms with Crippen molar-refractivity contribution in [2.75, 3.05) is 13.7 Å². The van der Waals surface area contributed by atoms with Gasteiger partial charge in [-0.05, 0) is 48.6 Å². The predicted octanol–water partition coefficient (Wildman–Crippen LogP) is 2.44. The first kappa shape index (κ1) is 21.7. The Balaban J connectivity index is 0.00000280. The van der Waals surface area contributed by atoms with E-state index >= 15 is 0 Å². The highest BCUT2D eigenvalue weighted by Gasteiger charge is 2.30. The molecular weight excluding hydrogens is 378 g/mol. The van der Waals surface area contributed by atoms with Crippen molar-refractivity contribution in [1.82, 2.24) is 10.6 Å². The molecule has 28 heavy (non-hydrogen) atoms. The van der Waals surface area contributed by atoms with Gasteiger partial charge in [0.25, 0.3) is 5.91 Å². The Hall–Kier alpha value is -2.57. The Morgan fingerprint density at radius 3 is 2.32 bits per heavy atom. The number of nitrogens with two attached hydrogens (primary N) is 1. The summed E-state index contributed by atoms with van der Waals surface area (Å²) in [6.07, 6.45) is 2.24. The maximum Gasteiger partial charge on any atom is 0.252 e. The quantitative estimate of drug-likeness (QED) is 0.631. The summed E-state index contributed by atoms with van der Waals surface area (Å²) in [5.41, 5.74) is 7.25. The largest absolute Gasteiger partial charge is 0.497 e. The molecule has 4 N–H and O–H groups in total. The number of carbonyl (C=O) groups excluding carboxylic acids is 2. The van der Waals surface area contributed by atoms with Crippen LogP contribution in [-0.2, 0) is 4.79 Å². The normalized spacial score (nSPS) is 14.9. The zero-order valence-corrected chi connectivity index (χ0v) is 16.6. The van der Waals surface area contributed by atoms with E-state index < -0.39 is 6.04 Å². The van der Waals surface area contributed by atoms with Crippen molar-refractivity contribution in [3.63, 3.8) is 0 Å². The maximum atomic E-state index is 12.8. The summed E-state index contributed by atoms with van der Waals surface area (Å²) < 4.78 is 5.11. The number of halogens is 1. The molecule has 0 aromatic heterocycles. The van der Waals surface area contributed by atoms with Gasteiger partial charge in [0.1, 0.15) is 11.8 Å². The number of methoxy groups -OCH3 is 1. The van der Waals surface area contributed by atoms with E-state index in [1.807, 2.05) is 30.3 Å². The van der Waals surface area contributed by atoms with Crippen molar-refractivity contribution in [1.29, 1.82) is 0 Å². The van der Waals surface area contributed by atoms with Gasteiger partial charge in [-0.25, -0.2) is 0 Å². The number of amides is 2. The van der Waals surface area contributed by atoms with Crippen LogP contribution in [0.1, 0.15) is 34.8 Å². The third kappa shape index (κ3) is 5.71. The Labute approximate surface area is 171 Å². The number of ether oxygens (including phenoxy) is 1. The summed E-state index contributed by atoms with van der Waals surface area (Å²) in [5.74, 6) is 0.569. The fourth-order valence-electron chi connectivity index (χ4n) is 2.91. The second-order valence-electron chi connectivity index (χ2n) is 6.79. The Morgan fingerprint density at radius 2 is 1.75 bits per heavy atom. The molecule has 0 bridgehead atoms. The third-order valence-electron chi connectivity index (χ3n) is 4.76. The minimum absolute atomic E-state index is 0. The molecule has 2 aromatic carbocycles. The first-order chi connectivity index (χ1) is 13.1. The number of hydrogen-bond acceptors (Lipinski definition) is 4. The van der Waals surface area contributed by atoms with Crippen molar-refractivity contribution in [3.05, 3.63) is 65.7 Å². The number of nitrogens with one attached hydrogen (secondary N) is 2. The number of rotatable bonds is 8. The molecule has 2 atom stereocenters. The summed E-state index contributed by atoms with van der Waals surface area (Å²) in [7, 11) is 1.57. The van der Waals surface area contributed by atoms with E-state index in [0.29, 0.717) is 23.8 Å². The van der Waals surface area contributed by atoms with Crippen molar-refractivity contribution < 1.29 is 14.3 Å². The van der Waals surface area contributed by atoms with Gasteiger partial charge in [0.05, 0.1) is 7.11 Å². The highest BCUT2D eigenvalue weighted by Crippen LogP contribution is 2.31. The monoisotopic (exact) mass is 403 g/mol. The fourth-order valence-corrected chi connectivity index (χ4v) is 2.91. The zero-order chi connectivity index (χ0) is 19.2. The molecule has 1 saturated carbocycles. The summed E-state index contributed by atoms with van der Waals surface area (Å²) in [5, 5.41) is 5.70. The van der Waals surface area contributed by atoms with E-state index in [4.69, 9.17) is 10.5 Å². The highest BCUT2D eigenvalue weighted by molar-refractivity contribution is 5.98. The second kappa shape index (κ2) is 10.1. The number of carbonyl (C=O) groups is 2. The van der Waals surface area contributed by atoms with Gasteiger partial charge in [-0.3, -0.25) is 9.59 Å². The number of hydrogen-bond donors (Lipinski definition) is 3. The number of benzene rings is 2. The van der Waals surface area contributed by atoms with Crippen LogP contribution in [0.5, 0.6) is 5.75 Å². The molecular formula is C21H26ClN3O3. The standard InChI is InChI=1S/C21H25N3O3.ClH/c1-27-17-11-9-16(10-12-17)20(25)24-19(15-5-3-2-4-6-15)21(26)23-13-18(22)14-7-8-14;/h2-6,9-12,14,18-19H,7-8,13,22H2,1H3,(H,23,26)(H,24,25);1H. The summed E-state index contributed by atoms with van der Waals surface area (Å²) in [4.78, 5) is 25.4. The van der Waals surface area contributed by atoms with Crippen LogP contribution in [-0.4, -0.2) is 31.5 Å². The molecule has 2 unspecified atom stereocenters. The van der Waals surface area contributed by atoms with E-state index in [9.17, 15) is 9.59 Å². The van der Waals surface area contributed by atoms with E-state index in [1.54, 1.807) is 31.4 Å². The lowest BCUT2D eigenvalue weighted by atomic mass is 10.0. The lowest BCUT2D eigenvalue weighted by Crippen LogP contribution is -2.45. The Bertz CT molecular complexity index is 779. The third-order valence-corrected chi connectivity index (χ3v) is 4.76. The van der Waals surface area contributed by atoms with Gasteiger partial charge in [0.2, 0.25) is 5.91 Å². The van der Waals surface area contributed by atoms with Crippen molar-refractivity contribution >= 4 is 24.2 Å². The molecule has 1 fully saturated rings. The Morgan fingerprint density at radius 1 is 1.11 bits per heavy atom. The van der Waals surface area contributed by atoms with Crippen LogP contribution in [0.3, 0.4) is 0 Å². The van der Waals surface area contributed by atoms with Crippen molar-refractivity contribution in [3.8, 4) is 5.75 Å². The van der Waals surface area contributed by atoms with Crippen LogP contribution in [0, 0.1) is 5.92 Å². The summed E-state index contributed by atoms with van der Waals surface area (Å²) in [6, 6.07) is 15.1. The summed E-state index contributed by atoms with van der Waals surface area (Å²) in [6.45, 7) is 0.408. The molecule has 1 aliphatic carbocycles. The molecule has 150 valence electrons. The minimum atomic E-state index is -0.785. The first-order valence-electron chi connectivity index (χ1n) is 9.11. The van der Waals surface area contributed by atoms with Gasteiger partial charge in [-0.15, -0.1) is 12.4 Å². The molecule has 0 aliphatic heterocycles. The molecule has 3 rings (SSSR count). The van der Waals surface area contributed by atoms with Gasteiger partial charge in [0, 0.05) is 18.2 Å². The average molecular weight is 404 g/mol. The van der Waals surface area contributed by atoms with Gasteiger partial charge < -0.3 is 21.1 Å². The van der Waals surface area contributed by atoms with Crippen LogP contribution < -0.4 is 21.1 Å². The molecule has 1 aliphatic rings. The lowest BCUT2D eigenvalue weighted by molar-refractivity contribution is -0.123. The van der Waals surface area contributed by atoms with Crippen LogP contribution in [0.4, 0.5) is 0 Å².